The van der Waals surface area contributed by atoms with Crippen molar-refractivity contribution in [3.63, 3.8) is 0 Å². The zero-order chi connectivity index (χ0) is 16.3. The van der Waals surface area contributed by atoms with Gasteiger partial charge in [-0.2, -0.15) is 11.8 Å². The summed E-state index contributed by atoms with van der Waals surface area (Å²) in [6.45, 7) is 4.24. The van der Waals surface area contributed by atoms with Crippen LogP contribution in [-0.4, -0.2) is 11.5 Å². The Hall–Kier alpha value is -1.21. The maximum atomic E-state index is 2.26. The minimum absolute atomic E-state index is 1.30. The van der Waals surface area contributed by atoms with Crippen LogP contribution in [0.1, 0.15) is 47.9 Å². The molecule has 4 rings (SSSR count). The molecule has 0 nitrogen and oxygen atoms in total. The predicted octanol–water partition coefficient (Wildman–Crippen LogP) is 6.38. The van der Waals surface area contributed by atoms with E-state index in [0.717, 1.165) is 0 Å². The molecule has 0 N–H and O–H groups in total. The molecule has 0 bridgehead atoms. The van der Waals surface area contributed by atoms with Gasteiger partial charge in [0.2, 0.25) is 0 Å². The summed E-state index contributed by atoms with van der Waals surface area (Å²) in [6, 6.07) is 17.2. The molecular formula is C22H30S. The smallest absolute Gasteiger partial charge is 0.00672 e. The summed E-state index contributed by atoms with van der Waals surface area (Å²) in [5.74, 6) is 2.83. The van der Waals surface area contributed by atoms with Gasteiger partial charge in [0.15, 0.2) is 0 Å². The van der Waals surface area contributed by atoms with Crippen LogP contribution in [0.4, 0.5) is 0 Å². The van der Waals surface area contributed by atoms with E-state index in [4.69, 9.17) is 0 Å². The average Bonchev–Trinajstić information content (AvgIpc) is 3.18. The van der Waals surface area contributed by atoms with E-state index < -0.39 is 0 Å². The van der Waals surface area contributed by atoms with Crippen molar-refractivity contribution in [3.8, 4) is 0 Å². The van der Waals surface area contributed by atoms with Crippen molar-refractivity contribution in [3.05, 3.63) is 70.8 Å². The Morgan fingerprint density at radius 2 is 1.04 bits per heavy atom. The van der Waals surface area contributed by atoms with Gasteiger partial charge in [-0.25, -0.2) is 0 Å². The van der Waals surface area contributed by atoms with E-state index in [0.29, 0.717) is 0 Å². The third kappa shape index (κ3) is 6.83. The summed E-state index contributed by atoms with van der Waals surface area (Å²) in [6.07, 6.45) is 8.30. The van der Waals surface area contributed by atoms with Crippen LogP contribution in [-0.2, 0) is 12.8 Å². The summed E-state index contributed by atoms with van der Waals surface area (Å²) in [5.41, 5.74) is 5.89. The average molecular weight is 327 g/mol. The molecule has 0 atom stereocenters. The van der Waals surface area contributed by atoms with Crippen molar-refractivity contribution in [1.82, 2.24) is 0 Å². The molecule has 0 saturated carbocycles. The number of hydrogen-bond donors (Lipinski definition) is 0. The van der Waals surface area contributed by atoms with Gasteiger partial charge in [-0.15, -0.1) is 0 Å². The molecule has 1 aliphatic carbocycles. The number of fused-ring (bicyclic) bond motifs is 1. The van der Waals surface area contributed by atoms with Gasteiger partial charge in [0, 0.05) is 0 Å². The Balaban J connectivity index is 0.000000133. The first kappa shape index (κ1) is 18.1. The summed E-state index contributed by atoms with van der Waals surface area (Å²) in [7, 11) is 0. The highest BCUT2D eigenvalue weighted by atomic mass is 32.2. The minimum Gasteiger partial charge on any atom is -0.162 e. The van der Waals surface area contributed by atoms with Gasteiger partial charge >= 0.3 is 0 Å². The molecular weight excluding hydrogens is 296 g/mol. The molecule has 1 aliphatic heterocycles. The van der Waals surface area contributed by atoms with Gasteiger partial charge < -0.3 is 0 Å². The van der Waals surface area contributed by atoms with Crippen molar-refractivity contribution in [2.24, 2.45) is 0 Å². The van der Waals surface area contributed by atoms with Gasteiger partial charge in [-0.05, 0) is 86.1 Å². The first-order chi connectivity index (χ1) is 11.3. The molecule has 2 aromatic carbocycles. The Bertz CT molecular complexity index is 516. The van der Waals surface area contributed by atoms with E-state index >= 15 is 0 Å². The molecule has 1 saturated heterocycles. The Labute approximate surface area is 146 Å². The zero-order valence-electron chi connectivity index (χ0n) is 14.7. The second-order valence-electron chi connectivity index (χ2n) is 6.38. The lowest BCUT2D eigenvalue weighted by molar-refractivity contribution is 0.685. The van der Waals surface area contributed by atoms with Crippen molar-refractivity contribution in [2.75, 3.05) is 11.5 Å². The maximum absolute atomic E-state index is 2.26. The SMILES string of the molecule is C1CCSC1.Cc1ccccc1C.c1ccc2c(c1)CCCC2. The predicted molar refractivity (Wildman–Crippen MR) is 106 cm³/mol. The topological polar surface area (TPSA) is 0 Å². The molecule has 1 heteroatoms. The number of thioether (sulfide) groups is 1. The van der Waals surface area contributed by atoms with Gasteiger partial charge in [-0.1, -0.05) is 48.5 Å². The summed E-state index contributed by atoms with van der Waals surface area (Å²) in [5, 5.41) is 0. The maximum Gasteiger partial charge on any atom is -0.00672 e. The normalized spacial score (nSPS) is 15.6. The van der Waals surface area contributed by atoms with Gasteiger partial charge in [-0.3, -0.25) is 0 Å². The first-order valence-electron chi connectivity index (χ1n) is 8.94. The Morgan fingerprint density at radius 3 is 1.39 bits per heavy atom. The molecule has 23 heavy (non-hydrogen) atoms. The minimum atomic E-state index is 1.30. The van der Waals surface area contributed by atoms with Crippen LogP contribution < -0.4 is 0 Å². The zero-order valence-corrected chi connectivity index (χ0v) is 15.5. The molecule has 0 unspecified atom stereocenters. The van der Waals surface area contributed by atoms with Crippen LogP contribution in [0, 0.1) is 13.8 Å². The van der Waals surface area contributed by atoms with E-state index in [9.17, 15) is 0 Å². The van der Waals surface area contributed by atoms with Crippen molar-refractivity contribution in [2.45, 2.75) is 52.4 Å². The van der Waals surface area contributed by atoms with E-state index in [2.05, 4.69) is 74.1 Å². The molecule has 0 aromatic heterocycles. The lowest BCUT2D eigenvalue weighted by Crippen LogP contribution is -2.00. The molecule has 124 valence electrons. The van der Waals surface area contributed by atoms with Crippen LogP contribution in [0.3, 0.4) is 0 Å². The van der Waals surface area contributed by atoms with E-state index in [1.165, 1.54) is 61.2 Å². The lowest BCUT2D eigenvalue weighted by Gasteiger charge is -2.13. The first-order valence-corrected chi connectivity index (χ1v) is 10.1. The molecule has 0 spiro atoms. The molecule has 0 amide bonds. The number of aryl methyl sites for hydroxylation is 4. The third-order valence-corrected chi connectivity index (χ3v) is 5.67. The largest absolute Gasteiger partial charge is 0.162 e. The highest BCUT2D eigenvalue weighted by molar-refractivity contribution is 7.99. The monoisotopic (exact) mass is 326 g/mol. The van der Waals surface area contributed by atoms with Crippen LogP contribution in [0.5, 0.6) is 0 Å². The molecule has 1 heterocycles. The molecule has 0 radical (unpaired) electrons. The molecule has 1 fully saturated rings. The molecule has 2 aliphatic rings. The fourth-order valence-electron chi connectivity index (χ4n) is 2.85. The van der Waals surface area contributed by atoms with Crippen LogP contribution in [0.25, 0.3) is 0 Å². The highest BCUT2D eigenvalue weighted by Gasteiger charge is 2.06. The quantitative estimate of drug-likeness (QED) is 0.541. The van der Waals surface area contributed by atoms with Gasteiger partial charge in [0.25, 0.3) is 0 Å². The van der Waals surface area contributed by atoms with Crippen LogP contribution >= 0.6 is 11.8 Å². The lowest BCUT2D eigenvalue weighted by atomic mass is 9.92. The van der Waals surface area contributed by atoms with E-state index in [1.54, 1.807) is 11.1 Å². The number of rotatable bonds is 0. The summed E-state index contributed by atoms with van der Waals surface area (Å²) < 4.78 is 0. The summed E-state index contributed by atoms with van der Waals surface area (Å²) in [4.78, 5) is 0. The molecule has 2 aromatic rings. The highest BCUT2D eigenvalue weighted by Crippen LogP contribution is 2.19. The van der Waals surface area contributed by atoms with E-state index in [-0.39, 0.29) is 0 Å². The Kier molecular flexibility index (Phi) is 8.31. The standard InChI is InChI=1S/C10H12.C8H10.C4H8S/c1-2-6-10-8-4-3-7-9(10)5-1;1-7-5-3-4-6-8(7)2;1-2-4-5-3-1/h1-2,5-6H,3-4,7-8H2;3-6H,1-2H3;1-4H2. The van der Waals surface area contributed by atoms with Crippen LogP contribution in [0.15, 0.2) is 48.5 Å². The van der Waals surface area contributed by atoms with Crippen LogP contribution in [0.2, 0.25) is 0 Å². The fraction of sp³-hybridized carbons (Fsp3) is 0.455. The number of benzene rings is 2. The fourth-order valence-corrected chi connectivity index (χ4v) is 3.87. The van der Waals surface area contributed by atoms with Gasteiger partial charge in [0.1, 0.15) is 0 Å². The van der Waals surface area contributed by atoms with E-state index in [1.807, 2.05) is 0 Å². The Morgan fingerprint density at radius 1 is 0.609 bits per heavy atom. The van der Waals surface area contributed by atoms with Crippen molar-refractivity contribution < 1.29 is 0 Å². The van der Waals surface area contributed by atoms with Crippen molar-refractivity contribution >= 4 is 11.8 Å². The summed E-state index contributed by atoms with van der Waals surface area (Å²) >= 11 is 2.07. The van der Waals surface area contributed by atoms with Gasteiger partial charge in [0.05, 0.1) is 0 Å². The second kappa shape index (κ2) is 10.5. The number of hydrogen-bond acceptors (Lipinski definition) is 1. The second-order valence-corrected chi connectivity index (χ2v) is 7.60. The van der Waals surface area contributed by atoms with Crippen molar-refractivity contribution in [1.29, 1.82) is 0 Å². The third-order valence-electron chi connectivity index (χ3n) is 4.51.